The molecule has 0 amide bonds. The van der Waals surface area contributed by atoms with Crippen LogP contribution in [-0.4, -0.2) is 39.8 Å². The van der Waals surface area contributed by atoms with Crippen LogP contribution in [0.15, 0.2) is 11.4 Å². The number of hydrogen-bond donors (Lipinski definition) is 2. The van der Waals surface area contributed by atoms with Gasteiger partial charge >= 0.3 is 5.97 Å². The third kappa shape index (κ3) is 2.22. The van der Waals surface area contributed by atoms with Gasteiger partial charge in [0.05, 0.1) is 6.10 Å². The first-order chi connectivity index (χ1) is 8.02. The van der Waals surface area contributed by atoms with Crippen LogP contribution < -0.4 is 0 Å². The summed E-state index contributed by atoms with van der Waals surface area (Å²) in [6.45, 7) is 4.27. The van der Waals surface area contributed by atoms with E-state index in [0.717, 1.165) is 16.9 Å². The monoisotopic (exact) mass is 255 g/mol. The van der Waals surface area contributed by atoms with Gasteiger partial charge in [0.1, 0.15) is 6.04 Å². The molecule has 3 atom stereocenters. The van der Waals surface area contributed by atoms with Crippen molar-refractivity contribution in [2.24, 2.45) is 0 Å². The number of aliphatic hydroxyl groups is 1. The molecule has 2 N–H and O–H groups in total. The van der Waals surface area contributed by atoms with Crippen LogP contribution in [0.3, 0.4) is 0 Å². The summed E-state index contributed by atoms with van der Waals surface area (Å²) >= 11 is 1.62. The Balaban J connectivity index is 2.34. The van der Waals surface area contributed by atoms with Crippen LogP contribution in [0.1, 0.15) is 30.3 Å². The van der Waals surface area contributed by atoms with Gasteiger partial charge in [0.2, 0.25) is 0 Å². The molecule has 2 rings (SSSR count). The summed E-state index contributed by atoms with van der Waals surface area (Å²) in [5, 5.41) is 21.0. The van der Waals surface area contributed by atoms with Gasteiger partial charge in [-0.05, 0) is 37.3 Å². The molecule has 0 aromatic carbocycles. The second-order valence-electron chi connectivity index (χ2n) is 4.51. The quantitative estimate of drug-likeness (QED) is 0.859. The standard InChI is InChI=1S/C12H17NO3S/c1-7(8(2)14)13-5-3-10-9(4-6-17-10)11(13)12(15)16/h4,6-8,11,14H,3,5H2,1-2H3,(H,15,16). The van der Waals surface area contributed by atoms with Crippen molar-refractivity contribution in [2.45, 2.75) is 38.5 Å². The summed E-state index contributed by atoms with van der Waals surface area (Å²) in [6.07, 6.45) is 0.338. The van der Waals surface area contributed by atoms with Crippen LogP contribution in [0, 0.1) is 0 Å². The van der Waals surface area contributed by atoms with Crippen LogP contribution in [0.5, 0.6) is 0 Å². The molecule has 0 spiro atoms. The number of rotatable bonds is 3. The molecule has 5 heteroatoms. The number of carboxylic acid groups (broad SMARTS) is 1. The first-order valence-electron chi connectivity index (χ1n) is 5.75. The van der Waals surface area contributed by atoms with E-state index in [4.69, 9.17) is 0 Å². The Morgan fingerprint density at radius 1 is 1.59 bits per heavy atom. The predicted octanol–water partition coefficient (Wildman–Crippen LogP) is 1.50. The molecule has 0 fully saturated rings. The summed E-state index contributed by atoms with van der Waals surface area (Å²) in [7, 11) is 0. The Bertz CT molecular complexity index is 416. The fourth-order valence-electron chi connectivity index (χ4n) is 2.33. The van der Waals surface area contributed by atoms with Crippen molar-refractivity contribution in [3.63, 3.8) is 0 Å². The zero-order valence-electron chi connectivity index (χ0n) is 9.96. The summed E-state index contributed by atoms with van der Waals surface area (Å²) in [5.41, 5.74) is 0.890. The molecule has 0 radical (unpaired) electrons. The molecule has 4 nitrogen and oxygen atoms in total. The third-order valence-corrected chi connectivity index (χ3v) is 4.45. The Kier molecular flexibility index (Phi) is 3.51. The van der Waals surface area contributed by atoms with E-state index in [9.17, 15) is 15.0 Å². The van der Waals surface area contributed by atoms with Gasteiger partial charge in [0.25, 0.3) is 0 Å². The molecule has 1 aromatic heterocycles. The molecule has 94 valence electrons. The second-order valence-corrected chi connectivity index (χ2v) is 5.51. The fraction of sp³-hybridized carbons (Fsp3) is 0.583. The van der Waals surface area contributed by atoms with Crippen LogP contribution in [-0.2, 0) is 11.2 Å². The highest BCUT2D eigenvalue weighted by molar-refractivity contribution is 7.10. The molecule has 0 saturated carbocycles. The van der Waals surface area contributed by atoms with Gasteiger partial charge < -0.3 is 10.2 Å². The second kappa shape index (κ2) is 4.76. The average molecular weight is 255 g/mol. The molecular formula is C12H17NO3S. The number of nitrogens with zero attached hydrogens (tertiary/aromatic N) is 1. The van der Waals surface area contributed by atoms with Crippen LogP contribution in [0.2, 0.25) is 0 Å². The minimum absolute atomic E-state index is 0.149. The topological polar surface area (TPSA) is 60.8 Å². The van der Waals surface area contributed by atoms with Crippen molar-refractivity contribution in [1.29, 1.82) is 0 Å². The van der Waals surface area contributed by atoms with Crippen molar-refractivity contribution in [3.05, 3.63) is 21.9 Å². The highest BCUT2D eigenvalue weighted by atomic mass is 32.1. The van der Waals surface area contributed by atoms with E-state index in [2.05, 4.69) is 0 Å². The zero-order valence-corrected chi connectivity index (χ0v) is 10.8. The third-order valence-electron chi connectivity index (χ3n) is 3.46. The lowest BCUT2D eigenvalue weighted by atomic mass is 9.97. The minimum atomic E-state index is -0.836. The molecule has 17 heavy (non-hydrogen) atoms. The first-order valence-corrected chi connectivity index (χ1v) is 6.63. The molecular weight excluding hydrogens is 238 g/mol. The molecule has 2 heterocycles. The average Bonchev–Trinajstić information content (AvgIpc) is 2.73. The molecule has 0 aliphatic carbocycles. The molecule has 3 unspecified atom stereocenters. The van der Waals surface area contributed by atoms with E-state index in [1.165, 1.54) is 0 Å². The van der Waals surface area contributed by atoms with Crippen molar-refractivity contribution in [3.8, 4) is 0 Å². The maximum absolute atomic E-state index is 11.4. The number of carbonyl (C=O) groups is 1. The molecule has 1 aliphatic rings. The number of hydrogen-bond acceptors (Lipinski definition) is 4. The Hall–Kier alpha value is -0.910. The van der Waals surface area contributed by atoms with Crippen molar-refractivity contribution >= 4 is 17.3 Å². The van der Waals surface area contributed by atoms with Crippen molar-refractivity contribution < 1.29 is 15.0 Å². The van der Waals surface area contributed by atoms with E-state index in [1.807, 2.05) is 23.3 Å². The summed E-state index contributed by atoms with van der Waals surface area (Å²) in [4.78, 5) is 14.5. The lowest BCUT2D eigenvalue weighted by Gasteiger charge is -2.38. The van der Waals surface area contributed by atoms with Crippen LogP contribution >= 0.6 is 11.3 Å². The minimum Gasteiger partial charge on any atom is -0.480 e. The number of carboxylic acids is 1. The molecule has 1 aromatic rings. The van der Waals surface area contributed by atoms with E-state index in [0.29, 0.717) is 6.54 Å². The normalized spacial score (nSPS) is 24.1. The fourth-order valence-corrected chi connectivity index (χ4v) is 3.23. The SMILES string of the molecule is CC(O)C(C)N1CCc2sccc2C1C(=O)O. The number of aliphatic hydroxyl groups excluding tert-OH is 1. The molecule has 1 aliphatic heterocycles. The lowest BCUT2D eigenvalue weighted by molar-refractivity contribution is -0.146. The van der Waals surface area contributed by atoms with Gasteiger partial charge in [-0.1, -0.05) is 0 Å². The van der Waals surface area contributed by atoms with Gasteiger partial charge in [-0.2, -0.15) is 0 Å². The van der Waals surface area contributed by atoms with Gasteiger partial charge in [-0.15, -0.1) is 11.3 Å². The summed E-state index contributed by atoms with van der Waals surface area (Å²) in [6, 6.07) is 1.12. The summed E-state index contributed by atoms with van der Waals surface area (Å²) in [5.74, 6) is -0.836. The van der Waals surface area contributed by atoms with Crippen LogP contribution in [0.4, 0.5) is 0 Å². The lowest BCUT2D eigenvalue weighted by Crippen LogP contribution is -2.48. The Labute approximate surface area is 104 Å². The Morgan fingerprint density at radius 2 is 2.29 bits per heavy atom. The van der Waals surface area contributed by atoms with E-state index < -0.39 is 18.1 Å². The first kappa shape index (κ1) is 12.5. The van der Waals surface area contributed by atoms with Crippen LogP contribution in [0.25, 0.3) is 0 Å². The van der Waals surface area contributed by atoms with Crippen molar-refractivity contribution in [2.75, 3.05) is 6.54 Å². The maximum Gasteiger partial charge on any atom is 0.325 e. The smallest absolute Gasteiger partial charge is 0.325 e. The van der Waals surface area contributed by atoms with E-state index >= 15 is 0 Å². The van der Waals surface area contributed by atoms with E-state index in [-0.39, 0.29) is 6.04 Å². The predicted molar refractivity (Wildman–Crippen MR) is 66.2 cm³/mol. The number of fused-ring (bicyclic) bond motifs is 1. The van der Waals surface area contributed by atoms with Gasteiger partial charge in [0.15, 0.2) is 0 Å². The highest BCUT2D eigenvalue weighted by Crippen LogP contribution is 2.35. The van der Waals surface area contributed by atoms with Gasteiger partial charge in [0, 0.05) is 17.5 Å². The largest absolute Gasteiger partial charge is 0.480 e. The highest BCUT2D eigenvalue weighted by Gasteiger charge is 2.37. The zero-order chi connectivity index (χ0) is 12.6. The summed E-state index contributed by atoms with van der Waals surface area (Å²) < 4.78 is 0. The van der Waals surface area contributed by atoms with E-state index in [1.54, 1.807) is 18.3 Å². The van der Waals surface area contributed by atoms with Gasteiger partial charge in [-0.25, -0.2) is 0 Å². The molecule has 0 saturated heterocycles. The Morgan fingerprint density at radius 3 is 2.88 bits per heavy atom. The molecule has 0 bridgehead atoms. The maximum atomic E-state index is 11.4. The van der Waals surface area contributed by atoms with Gasteiger partial charge in [-0.3, -0.25) is 9.69 Å². The number of aliphatic carboxylic acids is 1. The number of thiophene rings is 1. The van der Waals surface area contributed by atoms with Crippen molar-refractivity contribution in [1.82, 2.24) is 4.90 Å².